The molecule has 3 N–H and O–H groups in total. The molecule has 2 aromatic rings. The highest BCUT2D eigenvalue weighted by Gasteiger charge is 2.16. The van der Waals surface area contributed by atoms with Crippen LogP contribution in [0.1, 0.15) is 31.3 Å². The number of carbonyl (C=O) groups excluding carboxylic acids is 1. The average molecular weight is 390 g/mol. The number of rotatable bonds is 8. The molecule has 0 aromatic carbocycles. The Balaban J connectivity index is 1.57. The van der Waals surface area contributed by atoms with E-state index in [-0.39, 0.29) is 6.03 Å². The van der Waals surface area contributed by atoms with Crippen molar-refractivity contribution < 1.29 is 14.3 Å². The molecule has 0 unspecified atom stereocenters. The lowest BCUT2D eigenvalue weighted by Crippen LogP contribution is -2.46. The lowest BCUT2D eigenvalue weighted by molar-refractivity contribution is 0.0532. The van der Waals surface area contributed by atoms with Gasteiger partial charge in [-0.1, -0.05) is 0 Å². The van der Waals surface area contributed by atoms with E-state index in [4.69, 9.17) is 15.2 Å². The number of nitrogens with two attached hydrogens (primary N) is 1. The van der Waals surface area contributed by atoms with Crippen LogP contribution >= 0.6 is 0 Å². The molecule has 2 aromatic heterocycles. The number of unbranched alkanes of at least 4 members (excludes halogenated alkanes) is 1. The number of amides is 2. The second kappa shape index (κ2) is 9.70. The maximum absolute atomic E-state index is 12.1. The number of aryl methyl sites for hydroxylation is 2. The Morgan fingerprint density at radius 1 is 1.32 bits per heavy atom. The van der Waals surface area contributed by atoms with Crippen molar-refractivity contribution in [2.24, 2.45) is 0 Å². The highest BCUT2D eigenvalue weighted by atomic mass is 16.5. The van der Waals surface area contributed by atoms with Crippen LogP contribution in [0.5, 0.6) is 0 Å². The van der Waals surface area contributed by atoms with Gasteiger partial charge in [-0.2, -0.15) is 0 Å². The van der Waals surface area contributed by atoms with Crippen molar-refractivity contribution in [1.82, 2.24) is 24.8 Å². The van der Waals surface area contributed by atoms with Crippen molar-refractivity contribution >= 4 is 22.9 Å². The summed E-state index contributed by atoms with van der Waals surface area (Å²) in [5, 5.41) is 2.99. The molecule has 0 bridgehead atoms. The number of fused-ring (bicyclic) bond motifs is 1. The molecule has 3 rings (SSSR count). The first-order valence-electron chi connectivity index (χ1n) is 9.90. The van der Waals surface area contributed by atoms with Crippen molar-refractivity contribution in [3.05, 3.63) is 17.6 Å². The van der Waals surface area contributed by atoms with Crippen molar-refractivity contribution in [3.8, 4) is 0 Å². The summed E-state index contributed by atoms with van der Waals surface area (Å²) in [4.78, 5) is 22.9. The number of hydrogen-bond donors (Lipinski definition) is 2. The van der Waals surface area contributed by atoms with Crippen LogP contribution in [0.15, 0.2) is 6.07 Å². The molecule has 28 heavy (non-hydrogen) atoms. The van der Waals surface area contributed by atoms with Gasteiger partial charge >= 0.3 is 6.03 Å². The molecule has 1 fully saturated rings. The summed E-state index contributed by atoms with van der Waals surface area (Å²) in [6, 6.07) is 2.00. The number of urea groups is 1. The zero-order valence-corrected chi connectivity index (χ0v) is 16.7. The van der Waals surface area contributed by atoms with Crippen molar-refractivity contribution in [1.29, 1.82) is 0 Å². The number of nitrogens with zero attached hydrogens (tertiary/aromatic N) is 4. The summed E-state index contributed by atoms with van der Waals surface area (Å²) in [6.45, 7) is 8.93. The van der Waals surface area contributed by atoms with Gasteiger partial charge in [0.25, 0.3) is 0 Å². The molecule has 9 heteroatoms. The molecule has 1 saturated heterocycles. The van der Waals surface area contributed by atoms with Gasteiger partial charge in [-0.3, -0.25) is 0 Å². The number of anilines is 1. The normalized spacial score (nSPS) is 14.6. The van der Waals surface area contributed by atoms with Gasteiger partial charge in [-0.05, 0) is 32.8 Å². The summed E-state index contributed by atoms with van der Waals surface area (Å²) >= 11 is 0. The Morgan fingerprint density at radius 2 is 2.11 bits per heavy atom. The fourth-order valence-electron chi connectivity index (χ4n) is 3.34. The maximum atomic E-state index is 12.1. The van der Waals surface area contributed by atoms with Gasteiger partial charge in [0.1, 0.15) is 17.9 Å². The Labute approximate surface area is 165 Å². The second-order valence-corrected chi connectivity index (χ2v) is 6.87. The van der Waals surface area contributed by atoms with E-state index in [1.54, 1.807) is 4.90 Å². The highest BCUT2D eigenvalue weighted by Crippen LogP contribution is 2.22. The van der Waals surface area contributed by atoms with E-state index >= 15 is 0 Å². The minimum atomic E-state index is -0.0112. The number of aromatic nitrogens is 3. The number of nitrogens with one attached hydrogen (secondary N) is 1. The first-order chi connectivity index (χ1) is 13.6. The number of pyridine rings is 1. The summed E-state index contributed by atoms with van der Waals surface area (Å²) in [7, 11) is 0. The fraction of sp³-hybridized carbons (Fsp3) is 0.632. The zero-order valence-electron chi connectivity index (χ0n) is 16.7. The van der Waals surface area contributed by atoms with Crippen molar-refractivity contribution in [2.45, 2.75) is 39.8 Å². The molecule has 154 valence electrons. The topological polar surface area (TPSA) is 108 Å². The monoisotopic (exact) mass is 390 g/mol. The molecule has 0 radical (unpaired) electrons. The first-order valence-corrected chi connectivity index (χ1v) is 9.90. The lowest BCUT2D eigenvalue weighted by Gasteiger charge is -2.26. The molecule has 3 heterocycles. The van der Waals surface area contributed by atoms with Crippen LogP contribution in [0, 0.1) is 6.92 Å². The zero-order chi connectivity index (χ0) is 19.9. The van der Waals surface area contributed by atoms with Crippen molar-refractivity contribution in [3.63, 3.8) is 0 Å². The van der Waals surface area contributed by atoms with Gasteiger partial charge in [0.2, 0.25) is 0 Å². The van der Waals surface area contributed by atoms with Crippen molar-refractivity contribution in [2.75, 3.05) is 45.2 Å². The van der Waals surface area contributed by atoms with E-state index < -0.39 is 0 Å². The standard InChI is InChI=1S/C19H30N6O3/c1-3-27-13-16-23-17-15(12-14(2)22-18(17)20)25(16)7-5-4-6-21-19(26)24-8-10-28-11-9-24/h12H,3-11,13H2,1-2H3,(H2,20,22)(H,21,26). The Kier molecular flexibility index (Phi) is 7.05. The molecule has 0 atom stereocenters. The van der Waals surface area contributed by atoms with Gasteiger partial charge in [-0.15, -0.1) is 0 Å². The van der Waals surface area contributed by atoms with Gasteiger partial charge < -0.3 is 30.0 Å². The molecule has 0 spiro atoms. The summed E-state index contributed by atoms with van der Waals surface area (Å²) < 4.78 is 13.0. The fourth-order valence-corrected chi connectivity index (χ4v) is 3.34. The number of imidazole rings is 1. The quantitative estimate of drug-likeness (QED) is 0.664. The van der Waals surface area contributed by atoms with Gasteiger partial charge in [0.05, 0.1) is 18.7 Å². The van der Waals surface area contributed by atoms with E-state index in [0.29, 0.717) is 51.9 Å². The highest BCUT2D eigenvalue weighted by molar-refractivity contribution is 5.85. The number of morpholine rings is 1. The first kappa shape index (κ1) is 20.3. The predicted molar refractivity (Wildman–Crippen MR) is 107 cm³/mol. The van der Waals surface area contributed by atoms with Gasteiger partial charge in [-0.25, -0.2) is 14.8 Å². The van der Waals surface area contributed by atoms with E-state index in [0.717, 1.165) is 41.9 Å². The third-order valence-electron chi connectivity index (χ3n) is 4.79. The second-order valence-electron chi connectivity index (χ2n) is 6.87. The largest absolute Gasteiger partial charge is 0.382 e. The van der Waals surface area contributed by atoms with Gasteiger partial charge in [0.15, 0.2) is 5.82 Å². The number of nitrogen functional groups attached to an aromatic ring is 1. The summed E-state index contributed by atoms with van der Waals surface area (Å²) in [5.41, 5.74) is 8.63. The van der Waals surface area contributed by atoms with Gasteiger partial charge in [0, 0.05) is 38.5 Å². The average Bonchev–Trinajstić information content (AvgIpc) is 3.04. The third kappa shape index (κ3) is 4.90. The van der Waals surface area contributed by atoms with E-state index in [9.17, 15) is 4.79 Å². The molecule has 0 saturated carbocycles. The van der Waals surface area contributed by atoms with Crippen LogP contribution in [-0.4, -0.2) is 64.9 Å². The SMILES string of the molecule is CCOCc1nc2c(N)nc(C)cc2n1CCCCNC(=O)N1CCOCC1. The number of ether oxygens (including phenoxy) is 2. The Bertz CT molecular complexity index is 801. The van der Waals surface area contributed by atoms with E-state index in [1.165, 1.54) is 0 Å². The van der Waals surface area contributed by atoms with Crippen LogP contribution in [0.4, 0.5) is 10.6 Å². The minimum Gasteiger partial charge on any atom is -0.382 e. The molecule has 1 aliphatic heterocycles. The molecular formula is C19H30N6O3. The third-order valence-corrected chi connectivity index (χ3v) is 4.79. The molecule has 0 aliphatic carbocycles. The maximum Gasteiger partial charge on any atom is 0.317 e. The number of carbonyl (C=O) groups is 1. The van der Waals surface area contributed by atoms with Crippen LogP contribution in [-0.2, 0) is 22.6 Å². The van der Waals surface area contributed by atoms with E-state index in [2.05, 4.69) is 19.9 Å². The minimum absolute atomic E-state index is 0.0112. The summed E-state index contributed by atoms with van der Waals surface area (Å²) in [6.07, 6.45) is 1.79. The smallest absolute Gasteiger partial charge is 0.317 e. The molecule has 9 nitrogen and oxygen atoms in total. The van der Waals surface area contributed by atoms with E-state index in [1.807, 2.05) is 19.9 Å². The molecule has 2 amide bonds. The van der Waals surface area contributed by atoms with Crippen LogP contribution in [0.3, 0.4) is 0 Å². The van der Waals surface area contributed by atoms with Crippen LogP contribution in [0.2, 0.25) is 0 Å². The molecule has 1 aliphatic rings. The summed E-state index contributed by atoms with van der Waals surface area (Å²) in [5.74, 6) is 1.30. The van der Waals surface area contributed by atoms with Crippen LogP contribution < -0.4 is 11.1 Å². The lowest BCUT2D eigenvalue weighted by atomic mass is 10.2. The Hall–Kier alpha value is -2.39. The predicted octanol–water partition coefficient (Wildman–Crippen LogP) is 1.68. The van der Waals surface area contributed by atoms with Crippen LogP contribution in [0.25, 0.3) is 11.0 Å². The number of hydrogen-bond acceptors (Lipinski definition) is 6. The Morgan fingerprint density at radius 3 is 2.86 bits per heavy atom. The molecular weight excluding hydrogens is 360 g/mol.